The van der Waals surface area contributed by atoms with Gasteiger partial charge in [-0.3, -0.25) is 10.3 Å². The molecule has 0 aromatic rings. The van der Waals surface area contributed by atoms with Gasteiger partial charge in [0.2, 0.25) is 0 Å². The average molecular weight is 120 g/mol. The van der Waals surface area contributed by atoms with E-state index >= 15 is 0 Å². The first kappa shape index (κ1) is 4.94. The van der Waals surface area contributed by atoms with Crippen LogP contribution in [0.3, 0.4) is 0 Å². The summed E-state index contributed by atoms with van der Waals surface area (Å²) >= 11 is 5.39. The van der Waals surface area contributed by atoms with Crippen LogP contribution in [0, 0.1) is 0 Å². The Morgan fingerprint density at radius 2 is 2.71 bits per heavy atom. The van der Waals surface area contributed by atoms with Crippen molar-refractivity contribution in [2.24, 2.45) is 0 Å². The van der Waals surface area contributed by atoms with Crippen molar-refractivity contribution in [3.05, 3.63) is 12.3 Å². The van der Waals surface area contributed by atoms with Crippen LogP contribution in [0.25, 0.3) is 0 Å². The Balaban J connectivity index is 2.28. The molecule has 1 unspecified atom stereocenters. The number of rotatable bonds is 1. The van der Waals surface area contributed by atoms with Gasteiger partial charge in [-0.1, -0.05) is 0 Å². The van der Waals surface area contributed by atoms with Gasteiger partial charge in [-0.05, 0) is 6.08 Å². The molecular formula is C4H6ClNO. The zero-order chi connectivity index (χ0) is 5.11. The second-order valence-electron chi connectivity index (χ2n) is 1.29. The quantitative estimate of drug-likeness (QED) is 0.512. The Kier molecular flexibility index (Phi) is 1.54. The Hall–Kier alpha value is -0.210. The van der Waals surface area contributed by atoms with Crippen LogP contribution in [0.5, 0.6) is 0 Å². The van der Waals surface area contributed by atoms with Crippen LogP contribution in [0.1, 0.15) is 0 Å². The number of halogens is 1. The van der Waals surface area contributed by atoms with Gasteiger partial charge >= 0.3 is 0 Å². The minimum atomic E-state index is 0.0710. The second-order valence-corrected chi connectivity index (χ2v) is 1.60. The number of nitrogens with one attached hydrogen (secondary N) is 1. The van der Waals surface area contributed by atoms with E-state index in [0.29, 0.717) is 5.88 Å². The van der Waals surface area contributed by atoms with E-state index in [4.69, 9.17) is 16.4 Å². The summed E-state index contributed by atoms with van der Waals surface area (Å²) in [6, 6.07) is 0. The Bertz CT molecular complexity index is 83.8. The first-order valence-electron chi connectivity index (χ1n) is 2.07. The Labute approximate surface area is 47.1 Å². The number of alkyl halides is 1. The fraction of sp³-hybridized carbons (Fsp3) is 0.500. The Morgan fingerprint density at radius 3 is 3.00 bits per heavy atom. The predicted octanol–water partition coefficient (Wildman–Crippen LogP) is 0.642. The maximum absolute atomic E-state index is 5.39. The summed E-state index contributed by atoms with van der Waals surface area (Å²) in [5.74, 6) is 0.517. The van der Waals surface area contributed by atoms with E-state index in [2.05, 4.69) is 5.48 Å². The molecule has 1 heterocycles. The minimum Gasteiger partial charge on any atom is -0.274 e. The number of hydrogen-bond donors (Lipinski definition) is 1. The molecule has 0 fully saturated rings. The molecule has 0 amide bonds. The van der Waals surface area contributed by atoms with Crippen LogP contribution in [0.4, 0.5) is 0 Å². The van der Waals surface area contributed by atoms with E-state index in [1.807, 2.05) is 6.08 Å². The largest absolute Gasteiger partial charge is 0.274 e. The lowest BCUT2D eigenvalue weighted by atomic mass is 10.4. The van der Waals surface area contributed by atoms with E-state index in [-0.39, 0.29) is 6.10 Å². The maximum atomic E-state index is 5.39. The van der Waals surface area contributed by atoms with Crippen molar-refractivity contribution in [3.63, 3.8) is 0 Å². The SMILES string of the molecule is ClCC1C=CNO1. The van der Waals surface area contributed by atoms with Crippen molar-refractivity contribution in [1.82, 2.24) is 5.48 Å². The molecule has 1 aliphatic heterocycles. The molecule has 0 aromatic heterocycles. The Morgan fingerprint density at radius 1 is 1.86 bits per heavy atom. The molecule has 1 aliphatic rings. The molecule has 40 valence electrons. The highest BCUT2D eigenvalue weighted by atomic mass is 35.5. The van der Waals surface area contributed by atoms with Gasteiger partial charge in [-0.2, -0.15) is 0 Å². The van der Waals surface area contributed by atoms with E-state index in [9.17, 15) is 0 Å². The van der Waals surface area contributed by atoms with E-state index in [1.165, 1.54) is 0 Å². The van der Waals surface area contributed by atoms with Gasteiger partial charge in [0.15, 0.2) is 0 Å². The lowest BCUT2D eigenvalue weighted by molar-refractivity contribution is 0.0601. The first-order valence-corrected chi connectivity index (χ1v) is 2.61. The number of hydroxylamine groups is 1. The van der Waals surface area contributed by atoms with Crippen LogP contribution >= 0.6 is 11.6 Å². The molecule has 7 heavy (non-hydrogen) atoms. The summed E-state index contributed by atoms with van der Waals surface area (Å²) in [5.41, 5.74) is 2.56. The lowest BCUT2D eigenvalue weighted by Crippen LogP contribution is -2.11. The minimum absolute atomic E-state index is 0.0710. The van der Waals surface area contributed by atoms with E-state index in [1.54, 1.807) is 6.20 Å². The molecule has 1 atom stereocenters. The van der Waals surface area contributed by atoms with Gasteiger partial charge in [0.1, 0.15) is 6.10 Å². The fourth-order valence-electron chi connectivity index (χ4n) is 0.396. The van der Waals surface area contributed by atoms with Crippen molar-refractivity contribution < 1.29 is 4.84 Å². The first-order chi connectivity index (χ1) is 3.43. The smallest absolute Gasteiger partial charge is 0.119 e. The van der Waals surface area contributed by atoms with Gasteiger partial charge in [0.25, 0.3) is 0 Å². The van der Waals surface area contributed by atoms with E-state index < -0.39 is 0 Å². The molecule has 1 N–H and O–H groups in total. The lowest BCUT2D eigenvalue weighted by Gasteiger charge is -1.98. The molecule has 0 saturated carbocycles. The third-order valence-electron chi connectivity index (χ3n) is 0.750. The highest BCUT2D eigenvalue weighted by Crippen LogP contribution is 1.99. The normalized spacial score (nSPS) is 27.9. The summed E-state index contributed by atoms with van der Waals surface area (Å²) in [6.45, 7) is 0. The zero-order valence-electron chi connectivity index (χ0n) is 3.73. The molecule has 0 aliphatic carbocycles. The summed E-state index contributed by atoms with van der Waals surface area (Å²) in [4.78, 5) is 4.81. The molecule has 0 saturated heterocycles. The van der Waals surface area contributed by atoms with Gasteiger partial charge in [0, 0.05) is 6.20 Å². The topological polar surface area (TPSA) is 21.3 Å². The predicted molar refractivity (Wildman–Crippen MR) is 27.9 cm³/mol. The van der Waals surface area contributed by atoms with Gasteiger partial charge in [-0.25, -0.2) is 0 Å². The standard InChI is InChI=1S/C4H6ClNO/c5-3-4-1-2-6-7-4/h1-2,4,6H,3H2. The molecule has 0 bridgehead atoms. The highest BCUT2D eigenvalue weighted by Gasteiger charge is 2.05. The fourth-order valence-corrected chi connectivity index (χ4v) is 0.561. The van der Waals surface area contributed by atoms with Crippen LogP contribution < -0.4 is 5.48 Å². The summed E-state index contributed by atoms with van der Waals surface area (Å²) in [7, 11) is 0. The summed E-state index contributed by atoms with van der Waals surface area (Å²) < 4.78 is 0. The highest BCUT2D eigenvalue weighted by molar-refractivity contribution is 6.18. The average Bonchev–Trinajstić information content (AvgIpc) is 2.14. The zero-order valence-corrected chi connectivity index (χ0v) is 4.48. The van der Waals surface area contributed by atoms with Gasteiger partial charge < -0.3 is 0 Å². The summed E-state index contributed by atoms with van der Waals surface area (Å²) in [6.07, 6.45) is 3.67. The third-order valence-corrected chi connectivity index (χ3v) is 1.05. The summed E-state index contributed by atoms with van der Waals surface area (Å²) in [5, 5.41) is 0. The molecule has 0 aromatic carbocycles. The van der Waals surface area contributed by atoms with Crippen LogP contribution in [0.2, 0.25) is 0 Å². The second kappa shape index (κ2) is 2.19. The molecule has 0 radical (unpaired) electrons. The van der Waals surface area contributed by atoms with Crippen molar-refractivity contribution in [2.75, 3.05) is 5.88 Å². The molecule has 2 nitrogen and oxygen atoms in total. The molecular weight excluding hydrogens is 114 g/mol. The molecule has 1 rings (SSSR count). The van der Waals surface area contributed by atoms with Gasteiger partial charge in [0.05, 0.1) is 5.88 Å². The third kappa shape index (κ3) is 1.08. The van der Waals surface area contributed by atoms with Crippen LogP contribution in [-0.2, 0) is 4.84 Å². The molecule has 3 heteroatoms. The van der Waals surface area contributed by atoms with Crippen molar-refractivity contribution in [2.45, 2.75) is 6.10 Å². The van der Waals surface area contributed by atoms with Crippen molar-refractivity contribution in [3.8, 4) is 0 Å². The van der Waals surface area contributed by atoms with E-state index in [0.717, 1.165) is 0 Å². The van der Waals surface area contributed by atoms with Gasteiger partial charge in [-0.15, -0.1) is 11.6 Å². The van der Waals surface area contributed by atoms with Crippen LogP contribution in [0.15, 0.2) is 12.3 Å². The van der Waals surface area contributed by atoms with Crippen molar-refractivity contribution in [1.29, 1.82) is 0 Å². The monoisotopic (exact) mass is 119 g/mol. The maximum Gasteiger partial charge on any atom is 0.119 e. The number of hydrogen-bond acceptors (Lipinski definition) is 2. The van der Waals surface area contributed by atoms with Crippen LogP contribution in [-0.4, -0.2) is 12.0 Å². The molecule has 0 spiro atoms. The van der Waals surface area contributed by atoms with Crippen molar-refractivity contribution >= 4 is 11.6 Å².